The van der Waals surface area contributed by atoms with Crippen molar-refractivity contribution in [3.63, 3.8) is 0 Å². The maximum absolute atomic E-state index is 12.5. The fourth-order valence-corrected chi connectivity index (χ4v) is 6.08. The van der Waals surface area contributed by atoms with Gasteiger partial charge in [-0.3, -0.25) is 4.79 Å². The van der Waals surface area contributed by atoms with E-state index in [1.54, 1.807) is 51.7 Å². The summed E-state index contributed by atoms with van der Waals surface area (Å²) in [6, 6.07) is 18.4. The number of benzene rings is 3. The number of thiazole rings is 2. The Kier molecular flexibility index (Phi) is 8.91. The molecule has 5 rings (SSSR count). The van der Waals surface area contributed by atoms with E-state index in [4.69, 9.17) is 36.5 Å². The highest BCUT2D eigenvalue weighted by molar-refractivity contribution is 7.23. The Labute approximate surface area is 255 Å². The number of carbonyl (C=O) groups excluding carboxylic acids is 1. The number of nitrogens with two attached hydrogens (primary N) is 1. The highest BCUT2D eigenvalue weighted by Crippen LogP contribution is 2.43. The van der Waals surface area contributed by atoms with E-state index in [-0.39, 0.29) is 5.91 Å². The molecule has 2 aromatic heterocycles. The van der Waals surface area contributed by atoms with E-state index in [2.05, 4.69) is 15.6 Å². The summed E-state index contributed by atoms with van der Waals surface area (Å²) in [5.41, 5.74) is 10.1. The van der Waals surface area contributed by atoms with Crippen LogP contribution in [0.2, 0.25) is 5.02 Å². The average Bonchev–Trinajstić information content (AvgIpc) is 3.62. The van der Waals surface area contributed by atoms with Crippen LogP contribution in [-0.4, -0.2) is 37.2 Å². The van der Waals surface area contributed by atoms with Crippen LogP contribution in [0.25, 0.3) is 27.2 Å². The van der Waals surface area contributed by atoms with Crippen LogP contribution in [-0.2, 0) is 4.79 Å². The largest absolute Gasteiger partial charge is 0.493 e. The third-order valence-electron chi connectivity index (χ3n) is 5.97. The lowest BCUT2D eigenvalue weighted by atomic mass is 10.1. The van der Waals surface area contributed by atoms with Crippen molar-refractivity contribution in [3.05, 3.63) is 82.7 Å². The van der Waals surface area contributed by atoms with E-state index in [0.29, 0.717) is 44.6 Å². The first-order chi connectivity index (χ1) is 20.4. The number of halogens is 1. The summed E-state index contributed by atoms with van der Waals surface area (Å²) in [7, 11) is 4.67. The predicted molar refractivity (Wildman–Crippen MR) is 172 cm³/mol. The third-order valence-corrected chi connectivity index (χ3v) is 8.19. The standard InChI is InChI=1S/C30H26ClN5O4S2/c1-38-23-14-21(15-24(39-2)26(23)40-3)34-30-36-28(32)27(42-30)29-35-22(16-41-29)18-7-5-9-20(13-18)33-25(37)11-10-17-6-4-8-19(31)12-17/h4-16H,32H2,1-3H3,(H,33,37)(H,34,36). The normalized spacial score (nSPS) is 11.0. The van der Waals surface area contributed by atoms with Crippen molar-refractivity contribution >= 4 is 68.6 Å². The highest BCUT2D eigenvalue weighted by Gasteiger charge is 2.18. The molecule has 0 spiro atoms. The Morgan fingerprint density at radius 2 is 1.71 bits per heavy atom. The van der Waals surface area contributed by atoms with Crippen LogP contribution in [0.5, 0.6) is 17.2 Å². The van der Waals surface area contributed by atoms with E-state index in [0.717, 1.165) is 26.7 Å². The van der Waals surface area contributed by atoms with Gasteiger partial charge in [-0.1, -0.05) is 47.2 Å². The van der Waals surface area contributed by atoms with Crippen molar-refractivity contribution in [1.82, 2.24) is 9.97 Å². The summed E-state index contributed by atoms with van der Waals surface area (Å²) in [5.74, 6) is 1.64. The van der Waals surface area contributed by atoms with Crippen molar-refractivity contribution in [2.24, 2.45) is 0 Å². The SMILES string of the molecule is COc1cc(Nc2nc(N)c(-c3nc(-c4cccc(NC(=O)C=Cc5cccc(Cl)c5)c4)cs3)s2)cc(OC)c1OC. The second-order valence-electron chi connectivity index (χ2n) is 8.77. The van der Waals surface area contributed by atoms with E-state index < -0.39 is 0 Å². The number of hydrogen-bond acceptors (Lipinski definition) is 10. The zero-order chi connectivity index (χ0) is 29.6. The van der Waals surface area contributed by atoms with Crippen molar-refractivity contribution in [3.8, 4) is 38.4 Å². The van der Waals surface area contributed by atoms with Gasteiger partial charge in [0.2, 0.25) is 11.7 Å². The first kappa shape index (κ1) is 28.9. The number of anilines is 4. The van der Waals surface area contributed by atoms with Gasteiger partial charge in [0.1, 0.15) is 15.7 Å². The predicted octanol–water partition coefficient (Wildman–Crippen LogP) is 7.59. The molecule has 12 heteroatoms. The van der Waals surface area contributed by atoms with Crippen LogP contribution in [0.15, 0.2) is 72.1 Å². The molecule has 4 N–H and O–H groups in total. The Hall–Kier alpha value is -4.58. The van der Waals surface area contributed by atoms with Gasteiger partial charge in [0.25, 0.3) is 0 Å². The van der Waals surface area contributed by atoms with E-state index >= 15 is 0 Å². The van der Waals surface area contributed by atoms with E-state index in [1.807, 2.05) is 41.8 Å². The fraction of sp³-hybridized carbons (Fsp3) is 0.100. The van der Waals surface area contributed by atoms with Gasteiger partial charge in [0.15, 0.2) is 16.6 Å². The van der Waals surface area contributed by atoms with Gasteiger partial charge in [-0.2, -0.15) is 0 Å². The molecule has 5 aromatic rings. The molecule has 3 aromatic carbocycles. The zero-order valence-corrected chi connectivity index (χ0v) is 25.2. The summed E-state index contributed by atoms with van der Waals surface area (Å²) in [4.78, 5) is 22.5. The topological polar surface area (TPSA) is 121 Å². The summed E-state index contributed by atoms with van der Waals surface area (Å²) in [5, 5.41) is 10.0. The van der Waals surface area contributed by atoms with Crippen LogP contribution >= 0.6 is 34.3 Å². The first-order valence-corrected chi connectivity index (χ1v) is 14.6. The van der Waals surface area contributed by atoms with Gasteiger partial charge < -0.3 is 30.6 Å². The first-order valence-electron chi connectivity index (χ1n) is 12.5. The van der Waals surface area contributed by atoms with Crippen LogP contribution in [0.3, 0.4) is 0 Å². The lowest BCUT2D eigenvalue weighted by Gasteiger charge is -2.14. The maximum Gasteiger partial charge on any atom is 0.248 e. The van der Waals surface area contributed by atoms with Crippen molar-refractivity contribution in [2.75, 3.05) is 37.7 Å². The molecule has 0 atom stereocenters. The molecule has 0 saturated carbocycles. The minimum Gasteiger partial charge on any atom is -0.493 e. The quantitative estimate of drug-likeness (QED) is 0.137. The number of carbonyl (C=O) groups is 1. The van der Waals surface area contributed by atoms with E-state index in [9.17, 15) is 4.79 Å². The molecule has 214 valence electrons. The molecule has 42 heavy (non-hydrogen) atoms. The highest BCUT2D eigenvalue weighted by atomic mass is 35.5. The van der Waals surface area contributed by atoms with Crippen molar-refractivity contribution in [2.45, 2.75) is 0 Å². The molecule has 0 fully saturated rings. The number of rotatable bonds is 10. The number of methoxy groups -OCH3 is 3. The van der Waals surface area contributed by atoms with Gasteiger partial charge >= 0.3 is 0 Å². The molecule has 1 amide bonds. The maximum atomic E-state index is 12.5. The smallest absolute Gasteiger partial charge is 0.248 e. The molecule has 0 saturated heterocycles. The number of nitrogen functional groups attached to an aromatic ring is 1. The van der Waals surface area contributed by atoms with E-state index in [1.165, 1.54) is 28.7 Å². The summed E-state index contributed by atoms with van der Waals surface area (Å²) in [6.07, 6.45) is 3.18. The van der Waals surface area contributed by atoms with Gasteiger partial charge in [-0.25, -0.2) is 9.97 Å². The summed E-state index contributed by atoms with van der Waals surface area (Å²) < 4.78 is 16.3. The minimum absolute atomic E-state index is 0.254. The fourth-order valence-electron chi connectivity index (χ4n) is 4.05. The lowest BCUT2D eigenvalue weighted by Crippen LogP contribution is -2.07. The van der Waals surface area contributed by atoms with Gasteiger partial charge in [0.05, 0.1) is 27.0 Å². The number of nitrogens with one attached hydrogen (secondary N) is 2. The second-order valence-corrected chi connectivity index (χ2v) is 11.1. The molecular weight excluding hydrogens is 594 g/mol. The second kappa shape index (κ2) is 12.9. The minimum atomic E-state index is -0.254. The van der Waals surface area contributed by atoms with Crippen molar-refractivity contribution in [1.29, 1.82) is 0 Å². The third kappa shape index (κ3) is 6.65. The van der Waals surface area contributed by atoms with Crippen molar-refractivity contribution < 1.29 is 19.0 Å². The van der Waals surface area contributed by atoms with Crippen LogP contribution in [0.1, 0.15) is 5.56 Å². The van der Waals surface area contributed by atoms with Gasteiger partial charge in [0, 0.05) is 45.5 Å². The van der Waals surface area contributed by atoms with Crippen LogP contribution < -0.4 is 30.6 Å². The molecule has 0 bridgehead atoms. The molecule has 0 aliphatic heterocycles. The summed E-state index contributed by atoms with van der Waals surface area (Å²) >= 11 is 8.86. The van der Waals surface area contributed by atoms with Gasteiger partial charge in [-0.05, 0) is 35.9 Å². The number of hydrogen-bond donors (Lipinski definition) is 3. The molecule has 9 nitrogen and oxygen atoms in total. The average molecular weight is 620 g/mol. The molecular formula is C30H26ClN5O4S2. The Balaban J connectivity index is 1.31. The van der Waals surface area contributed by atoms with Gasteiger partial charge in [-0.15, -0.1) is 11.3 Å². The van der Waals surface area contributed by atoms with Crippen LogP contribution in [0, 0.1) is 0 Å². The number of amides is 1. The Morgan fingerprint density at radius 3 is 2.43 bits per heavy atom. The molecule has 0 radical (unpaired) electrons. The number of nitrogens with zero attached hydrogens (tertiary/aromatic N) is 2. The molecule has 0 aliphatic rings. The number of ether oxygens (including phenoxy) is 3. The monoisotopic (exact) mass is 619 g/mol. The lowest BCUT2D eigenvalue weighted by molar-refractivity contribution is -0.111. The molecule has 0 unspecified atom stereocenters. The Bertz CT molecular complexity index is 1740. The van der Waals surface area contributed by atoms with Crippen LogP contribution in [0.4, 0.5) is 22.3 Å². The Morgan fingerprint density at radius 1 is 0.952 bits per heavy atom. The number of aromatic nitrogens is 2. The zero-order valence-electron chi connectivity index (χ0n) is 22.8. The molecule has 2 heterocycles. The summed E-state index contributed by atoms with van der Waals surface area (Å²) in [6.45, 7) is 0. The molecule has 0 aliphatic carbocycles.